The summed E-state index contributed by atoms with van der Waals surface area (Å²) in [5.41, 5.74) is 0.875. The predicted octanol–water partition coefficient (Wildman–Crippen LogP) is 3.07. The predicted molar refractivity (Wildman–Crippen MR) is 99.1 cm³/mol. The molecule has 0 aliphatic carbocycles. The van der Waals surface area contributed by atoms with Crippen LogP contribution in [0.1, 0.15) is 10.4 Å². The van der Waals surface area contributed by atoms with Crippen LogP contribution in [0.5, 0.6) is 0 Å². The highest BCUT2D eigenvalue weighted by Crippen LogP contribution is 2.26. The summed E-state index contributed by atoms with van der Waals surface area (Å²) in [5, 5.41) is 30.1. The molecule has 10 nitrogen and oxygen atoms in total. The molecule has 0 atom stereocenters. The zero-order valence-electron chi connectivity index (χ0n) is 14.1. The molecule has 0 aliphatic heterocycles. The fourth-order valence-corrected chi connectivity index (χ4v) is 2.72. The Kier molecular flexibility index (Phi) is 5.65. The quantitative estimate of drug-likeness (QED) is 0.346. The van der Waals surface area contributed by atoms with E-state index in [4.69, 9.17) is 9.52 Å². The Morgan fingerprint density at radius 3 is 2.61 bits per heavy atom. The first-order chi connectivity index (χ1) is 13.4. The van der Waals surface area contributed by atoms with Crippen molar-refractivity contribution in [2.75, 3.05) is 11.1 Å². The number of rotatable bonds is 7. The Bertz CT molecular complexity index is 1030. The van der Waals surface area contributed by atoms with Crippen molar-refractivity contribution in [3.63, 3.8) is 0 Å². The minimum Gasteiger partial charge on any atom is -0.478 e. The van der Waals surface area contributed by atoms with E-state index < -0.39 is 10.9 Å². The fourth-order valence-electron chi connectivity index (χ4n) is 2.16. The third-order valence-electron chi connectivity index (χ3n) is 3.45. The van der Waals surface area contributed by atoms with Crippen LogP contribution in [0.2, 0.25) is 0 Å². The van der Waals surface area contributed by atoms with Crippen LogP contribution in [-0.2, 0) is 4.79 Å². The average molecular weight is 400 g/mol. The first-order valence-electron chi connectivity index (χ1n) is 7.77. The van der Waals surface area contributed by atoms with Crippen LogP contribution >= 0.6 is 11.8 Å². The van der Waals surface area contributed by atoms with Crippen molar-refractivity contribution in [3.05, 3.63) is 64.2 Å². The molecule has 11 heteroatoms. The lowest BCUT2D eigenvalue weighted by Crippen LogP contribution is -2.14. The Balaban J connectivity index is 1.58. The van der Waals surface area contributed by atoms with Gasteiger partial charge < -0.3 is 14.8 Å². The fraction of sp³-hybridized carbons (Fsp3) is 0.0588. The average Bonchev–Trinajstić information content (AvgIpc) is 3.16. The number of benzene rings is 2. The Labute approximate surface area is 161 Å². The van der Waals surface area contributed by atoms with E-state index in [0.717, 1.165) is 11.8 Å². The molecule has 0 bridgehead atoms. The molecule has 3 aromatic rings. The van der Waals surface area contributed by atoms with Crippen molar-refractivity contribution >= 4 is 35.0 Å². The topological polar surface area (TPSA) is 148 Å². The maximum absolute atomic E-state index is 12.0. The molecule has 2 aromatic carbocycles. The number of carbonyl (C=O) groups excluding carboxylic acids is 1. The first kappa shape index (κ1) is 19.0. The third-order valence-corrected chi connectivity index (χ3v) is 4.27. The van der Waals surface area contributed by atoms with E-state index in [1.165, 1.54) is 42.5 Å². The number of amides is 1. The third kappa shape index (κ3) is 4.71. The number of carboxylic acids is 1. The van der Waals surface area contributed by atoms with Crippen LogP contribution in [0.3, 0.4) is 0 Å². The van der Waals surface area contributed by atoms with E-state index in [2.05, 4.69) is 15.5 Å². The monoisotopic (exact) mass is 400 g/mol. The highest BCUT2D eigenvalue weighted by Gasteiger charge is 2.14. The molecule has 1 heterocycles. The molecule has 0 fully saturated rings. The zero-order chi connectivity index (χ0) is 20.1. The number of nitro benzene ring substituents is 1. The van der Waals surface area contributed by atoms with Gasteiger partial charge in [-0.05, 0) is 30.3 Å². The van der Waals surface area contributed by atoms with Gasteiger partial charge >= 0.3 is 5.97 Å². The number of thioether (sulfide) groups is 1. The number of aromatic nitrogens is 2. The highest BCUT2D eigenvalue weighted by molar-refractivity contribution is 7.99. The number of carboxylic acid groups (broad SMARTS) is 1. The summed E-state index contributed by atoms with van der Waals surface area (Å²) in [6, 6.07) is 11.5. The number of hydrogen-bond donors (Lipinski definition) is 2. The number of nitrogens with zero attached hydrogens (tertiary/aromatic N) is 3. The largest absolute Gasteiger partial charge is 0.478 e. The molecule has 0 unspecified atom stereocenters. The lowest BCUT2D eigenvalue weighted by Gasteiger charge is -2.04. The maximum Gasteiger partial charge on any atom is 0.335 e. The maximum atomic E-state index is 12.0. The van der Waals surface area contributed by atoms with Crippen molar-refractivity contribution in [3.8, 4) is 11.5 Å². The molecule has 0 saturated carbocycles. The molecule has 0 saturated heterocycles. The van der Waals surface area contributed by atoms with Crippen molar-refractivity contribution in [2.24, 2.45) is 0 Å². The van der Waals surface area contributed by atoms with Gasteiger partial charge in [-0.15, -0.1) is 10.2 Å². The van der Waals surface area contributed by atoms with E-state index in [-0.39, 0.29) is 34.0 Å². The molecule has 0 aliphatic rings. The Morgan fingerprint density at radius 1 is 1.18 bits per heavy atom. The van der Waals surface area contributed by atoms with Gasteiger partial charge in [0.1, 0.15) is 0 Å². The van der Waals surface area contributed by atoms with Crippen LogP contribution < -0.4 is 5.32 Å². The second kappa shape index (κ2) is 8.31. The number of nitrogens with one attached hydrogen (secondary N) is 1. The molecular formula is C17H12N4O6S. The smallest absolute Gasteiger partial charge is 0.335 e. The number of aromatic carboxylic acids is 1. The molecule has 1 amide bonds. The van der Waals surface area contributed by atoms with Gasteiger partial charge in [-0.1, -0.05) is 17.8 Å². The van der Waals surface area contributed by atoms with Gasteiger partial charge in [0.25, 0.3) is 10.9 Å². The number of nitro groups is 1. The summed E-state index contributed by atoms with van der Waals surface area (Å²) >= 11 is 1.00. The first-order valence-corrected chi connectivity index (χ1v) is 8.75. The van der Waals surface area contributed by atoms with E-state index in [0.29, 0.717) is 11.3 Å². The van der Waals surface area contributed by atoms with Crippen molar-refractivity contribution < 1.29 is 24.0 Å². The van der Waals surface area contributed by atoms with E-state index in [1.54, 1.807) is 6.07 Å². The summed E-state index contributed by atoms with van der Waals surface area (Å²) in [6.45, 7) is 0. The second-order valence-corrected chi connectivity index (χ2v) is 6.33. The molecular weight excluding hydrogens is 388 g/mol. The van der Waals surface area contributed by atoms with Gasteiger partial charge in [0.05, 0.1) is 16.2 Å². The summed E-state index contributed by atoms with van der Waals surface area (Å²) in [5.74, 6) is -1.31. The van der Waals surface area contributed by atoms with Crippen molar-refractivity contribution in [1.29, 1.82) is 0 Å². The van der Waals surface area contributed by atoms with Gasteiger partial charge in [0, 0.05) is 23.4 Å². The minimum absolute atomic E-state index is 0.0166. The molecule has 3 rings (SSSR count). The Hall–Kier alpha value is -3.73. The van der Waals surface area contributed by atoms with Crippen molar-refractivity contribution in [1.82, 2.24) is 10.2 Å². The van der Waals surface area contributed by atoms with E-state index in [9.17, 15) is 19.7 Å². The van der Waals surface area contributed by atoms with Crippen LogP contribution in [-0.4, -0.2) is 37.9 Å². The van der Waals surface area contributed by atoms with Gasteiger partial charge in [-0.25, -0.2) is 4.79 Å². The highest BCUT2D eigenvalue weighted by atomic mass is 32.2. The number of hydrogen-bond acceptors (Lipinski definition) is 8. The molecule has 0 radical (unpaired) electrons. The summed E-state index contributed by atoms with van der Waals surface area (Å²) in [7, 11) is 0. The summed E-state index contributed by atoms with van der Waals surface area (Å²) in [6.07, 6.45) is 0. The summed E-state index contributed by atoms with van der Waals surface area (Å²) in [4.78, 5) is 33.1. The summed E-state index contributed by atoms with van der Waals surface area (Å²) < 4.78 is 5.42. The second-order valence-electron chi connectivity index (χ2n) is 5.40. The lowest BCUT2D eigenvalue weighted by atomic mass is 10.2. The van der Waals surface area contributed by atoms with Crippen molar-refractivity contribution in [2.45, 2.75) is 5.22 Å². The molecule has 2 N–H and O–H groups in total. The zero-order valence-corrected chi connectivity index (χ0v) is 14.9. The molecule has 142 valence electrons. The van der Waals surface area contributed by atoms with Crippen LogP contribution in [0.15, 0.2) is 58.2 Å². The molecule has 0 spiro atoms. The van der Waals surface area contributed by atoms with Crippen LogP contribution in [0.4, 0.5) is 11.4 Å². The SMILES string of the molecule is O=C(CSc1nnc(-c2cccc([N+](=O)[O-])c2)o1)Nc1ccc(C(=O)O)cc1. The van der Waals surface area contributed by atoms with Gasteiger partial charge in [0.15, 0.2) is 0 Å². The van der Waals surface area contributed by atoms with E-state index >= 15 is 0 Å². The van der Waals surface area contributed by atoms with Gasteiger partial charge in [-0.2, -0.15) is 0 Å². The minimum atomic E-state index is -1.05. The Morgan fingerprint density at radius 2 is 1.93 bits per heavy atom. The normalized spacial score (nSPS) is 10.4. The van der Waals surface area contributed by atoms with Crippen LogP contribution in [0.25, 0.3) is 11.5 Å². The van der Waals surface area contributed by atoms with Gasteiger partial charge in [-0.3, -0.25) is 14.9 Å². The number of non-ortho nitro benzene ring substituents is 1. The number of carbonyl (C=O) groups is 2. The van der Waals surface area contributed by atoms with Crippen LogP contribution in [0, 0.1) is 10.1 Å². The molecule has 28 heavy (non-hydrogen) atoms. The van der Waals surface area contributed by atoms with Gasteiger partial charge in [0.2, 0.25) is 11.8 Å². The molecule has 1 aromatic heterocycles. The lowest BCUT2D eigenvalue weighted by molar-refractivity contribution is -0.384. The standard InChI is InChI=1S/C17H12N4O6S/c22-14(18-12-6-4-10(5-7-12)16(23)24)9-28-17-20-19-15(27-17)11-2-1-3-13(8-11)21(25)26/h1-8H,9H2,(H,18,22)(H,23,24). The number of anilines is 1. The van der Waals surface area contributed by atoms with E-state index in [1.807, 2.05) is 0 Å².